The summed E-state index contributed by atoms with van der Waals surface area (Å²) in [5.41, 5.74) is 7.35. The molecule has 1 amide bonds. The zero-order valence-corrected chi connectivity index (χ0v) is 15.7. The summed E-state index contributed by atoms with van der Waals surface area (Å²) in [7, 11) is 1.51. The van der Waals surface area contributed by atoms with Crippen molar-refractivity contribution in [2.75, 3.05) is 18.8 Å². The van der Waals surface area contributed by atoms with Gasteiger partial charge in [-0.1, -0.05) is 30.3 Å². The predicted octanol–water partition coefficient (Wildman–Crippen LogP) is 1.37. The lowest BCUT2D eigenvalue weighted by molar-refractivity contribution is 0.0671. The lowest BCUT2D eigenvalue weighted by Gasteiger charge is -2.41. The van der Waals surface area contributed by atoms with E-state index in [2.05, 4.69) is 27.2 Å². The Kier molecular flexibility index (Phi) is 4.31. The van der Waals surface area contributed by atoms with E-state index in [1.807, 2.05) is 23.6 Å². The first-order valence-corrected chi connectivity index (χ1v) is 9.57. The summed E-state index contributed by atoms with van der Waals surface area (Å²) < 4.78 is 1.13. The summed E-state index contributed by atoms with van der Waals surface area (Å²) in [5.74, 6) is -0.181. The van der Waals surface area contributed by atoms with Crippen molar-refractivity contribution >= 4 is 22.4 Å². The number of benzene rings is 1. The average Bonchev–Trinajstić information content (AvgIpc) is 3.28. The number of rotatable bonds is 3. The topological polar surface area (TPSA) is 110 Å². The first kappa shape index (κ1) is 17.5. The monoisotopic (exact) mass is 384 g/mol. The van der Waals surface area contributed by atoms with Gasteiger partial charge in [0.15, 0.2) is 5.13 Å². The second kappa shape index (κ2) is 6.66. The predicted molar refractivity (Wildman–Crippen MR) is 103 cm³/mol. The number of nitrogen functional groups attached to an aromatic ring is 1. The number of likely N-dealkylation sites (tertiary alicyclic amines) is 1. The summed E-state index contributed by atoms with van der Waals surface area (Å²) in [6.07, 6.45) is 1.45. The van der Waals surface area contributed by atoms with Gasteiger partial charge in [0.05, 0.1) is 5.69 Å². The Bertz CT molecular complexity index is 1010. The van der Waals surface area contributed by atoms with Crippen LogP contribution in [0.4, 0.5) is 5.13 Å². The van der Waals surface area contributed by atoms with Gasteiger partial charge in [0.1, 0.15) is 0 Å². The number of hydrogen-bond acceptors (Lipinski definition) is 6. The maximum absolute atomic E-state index is 12.7. The highest BCUT2D eigenvalue weighted by molar-refractivity contribution is 7.13. The van der Waals surface area contributed by atoms with E-state index in [1.165, 1.54) is 23.9 Å². The number of aryl methyl sites for hydroxylation is 1. The number of hydrogen-bond donors (Lipinski definition) is 2. The SMILES string of the molecule is Cn1nc(C(=O)N2CCC(c3ccccc3)(c3csc(N)n3)CC2)[nH]c1=O. The fraction of sp³-hybridized carbons (Fsp3) is 0.333. The van der Waals surface area contributed by atoms with Crippen molar-refractivity contribution in [3.63, 3.8) is 0 Å². The number of aromatic amines is 1. The summed E-state index contributed by atoms with van der Waals surface area (Å²) in [5, 5.41) is 6.53. The van der Waals surface area contributed by atoms with E-state index >= 15 is 0 Å². The lowest BCUT2D eigenvalue weighted by atomic mass is 9.70. The number of nitrogens with zero attached hydrogens (tertiary/aromatic N) is 4. The maximum Gasteiger partial charge on any atom is 0.343 e. The zero-order chi connectivity index (χ0) is 19.0. The first-order valence-electron chi connectivity index (χ1n) is 8.69. The van der Waals surface area contributed by atoms with Crippen LogP contribution < -0.4 is 11.4 Å². The van der Waals surface area contributed by atoms with Gasteiger partial charge in [-0.25, -0.2) is 14.5 Å². The Hall–Kier alpha value is -2.94. The molecule has 0 atom stereocenters. The van der Waals surface area contributed by atoms with E-state index in [9.17, 15) is 9.59 Å². The van der Waals surface area contributed by atoms with Gasteiger partial charge in [0, 0.05) is 30.9 Å². The maximum atomic E-state index is 12.7. The van der Waals surface area contributed by atoms with Crippen LogP contribution in [-0.4, -0.2) is 43.6 Å². The van der Waals surface area contributed by atoms with Gasteiger partial charge < -0.3 is 10.6 Å². The van der Waals surface area contributed by atoms with Crippen LogP contribution in [0.25, 0.3) is 0 Å². The molecule has 3 aromatic rings. The molecule has 0 unspecified atom stereocenters. The summed E-state index contributed by atoms with van der Waals surface area (Å²) in [6, 6.07) is 10.2. The van der Waals surface area contributed by atoms with Crippen molar-refractivity contribution < 1.29 is 4.79 Å². The van der Waals surface area contributed by atoms with E-state index in [0.717, 1.165) is 23.2 Å². The van der Waals surface area contributed by atoms with Crippen molar-refractivity contribution in [3.8, 4) is 0 Å². The minimum Gasteiger partial charge on any atom is -0.375 e. The summed E-state index contributed by atoms with van der Waals surface area (Å²) in [4.78, 5) is 33.1. The smallest absolute Gasteiger partial charge is 0.343 e. The van der Waals surface area contributed by atoms with E-state index < -0.39 is 5.69 Å². The highest BCUT2D eigenvalue weighted by Gasteiger charge is 2.41. The highest BCUT2D eigenvalue weighted by atomic mass is 32.1. The van der Waals surface area contributed by atoms with Gasteiger partial charge in [0.2, 0.25) is 5.82 Å². The van der Waals surface area contributed by atoms with Crippen molar-refractivity contribution in [3.05, 3.63) is 63.3 Å². The fourth-order valence-corrected chi connectivity index (χ4v) is 4.36. The molecule has 0 spiro atoms. The van der Waals surface area contributed by atoms with Crippen LogP contribution in [0, 0.1) is 0 Å². The molecule has 1 aliphatic rings. The molecule has 8 nitrogen and oxygen atoms in total. The number of carbonyl (C=O) groups excluding carboxylic acids is 1. The van der Waals surface area contributed by atoms with Crippen LogP contribution in [0.3, 0.4) is 0 Å². The molecule has 3 heterocycles. The van der Waals surface area contributed by atoms with Gasteiger partial charge in [-0.2, -0.15) is 0 Å². The number of piperidine rings is 1. The number of carbonyl (C=O) groups is 1. The molecule has 4 rings (SSSR count). The summed E-state index contributed by atoms with van der Waals surface area (Å²) >= 11 is 1.43. The molecule has 1 aliphatic heterocycles. The Morgan fingerprint density at radius 2 is 1.96 bits per heavy atom. The highest BCUT2D eigenvalue weighted by Crippen LogP contribution is 2.42. The molecule has 27 heavy (non-hydrogen) atoms. The van der Waals surface area contributed by atoms with Crippen molar-refractivity contribution in [2.45, 2.75) is 18.3 Å². The number of H-pyrrole nitrogens is 1. The van der Waals surface area contributed by atoms with Crippen LogP contribution >= 0.6 is 11.3 Å². The molecular weight excluding hydrogens is 364 g/mol. The number of amides is 1. The van der Waals surface area contributed by atoms with Gasteiger partial charge in [-0.15, -0.1) is 16.4 Å². The zero-order valence-electron chi connectivity index (χ0n) is 14.9. The Morgan fingerprint density at radius 1 is 1.26 bits per heavy atom. The molecule has 1 fully saturated rings. The summed E-state index contributed by atoms with van der Waals surface area (Å²) in [6.45, 7) is 1.09. The molecule has 0 bridgehead atoms. The third kappa shape index (κ3) is 3.03. The molecule has 1 saturated heterocycles. The Labute approximate surface area is 159 Å². The minimum absolute atomic E-state index is 0.0765. The molecule has 0 aliphatic carbocycles. The van der Waals surface area contributed by atoms with Crippen LogP contribution in [0.5, 0.6) is 0 Å². The van der Waals surface area contributed by atoms with Gasteiger partial charge in [0.25, 0.3) is 5.91 Å². The van der Waals surface area contributed by atoms with Gasteiger partial charge in [-0.05, 0) is 18.4 Å². The Morgan fingerprint density at radius 3 is 2.52 bits per heavy atom. The van der Waals surface area contributed by atoms with E-state index in [4.69, 9.17) is 5.73 Å². The molecule has 1 aromatic carbocycles. The second-order valence-corrected chi connectivity index (χ2v) is 7.60. The van der Waals surface area contributed by atoms with E-state index in [-0.39, 0.29) is 17.1 Å². The minimum atomic E-state index is -0.396. The van der Waals surface area contributed by atoms with Crippen molar-refractivity contribution in [2.24, 2.45) is 7.05 Å². The largest absolute Gasteiger partial charge is 0.375 e. The van der Waals surface area contributed by atoms with Gasteiger partial charge in [-0.3, -0.25) is 9.78 Å². The normalized spacial score (nSPS) is 16.4. The molecule has 2 aromatic heterocycles. The molecule has 9 heteroatoms. The number of anilines is 1. The van der Waals surface area contributed by atoms with Crippen molar-refractivity contribution in [1.29, 1.82) is 0 Å². The third-order valence-electron chi connectivity index (χ3n) is 5.21. The standard InChI is InChI=1S/C18H20N6O2S/c1-23-17(26)21-14(22-23)15(25)24-9-7-18(8-10-24,12-5-3-2-4-6-12)13-11-27-16(19)20-13/h2-6,11H,7-10H2,1H3,(H2,19,20)(H,21,22,26). The van der Waals surface area contributed by atoms with Crippen molar-refractivity contribution in [1.82, 2.24) is 24.6 Å². The van der Waals surface area contributed by atoms with Crippen LogP contribution in [-0.2, 0) is 12.5 Å². The number of thiazole rings is 1. The first-order chi connectivity index (χ1) is 13.0. The van der Waals surface area contributed by atoms with Crippen LogP contribution in [0.1, 0.15) is 34.7 Å². The van der Waals surface area contributed by atoms with Gasteiger partial charge >= 0.3 is 5.69 Å². The molecule has 3 N–H and O–H groups in total. The van der Waals surface area contributed by atoms with Crippen LogP contribution in [0.15, 0.2) is 40.5 Å². The fourth-order valence-electron chi connectivity index (χ4n) is 3.70. The van der Waals surface area contributed by atoms with E-state index in [1.54, 1.807) is 4.90 Å². The quantitative estimate of drug-likeness (QED) is 0.709. The number of nitrogens with one attached hydrogen (secondary N) is 1. The molecular formula is C18H20N6O2S. The van der Waals surface area contributed by atoms with Crippen LogP contribution in [0.2, 0.25) is 0 Å². The lowest BCUT2D eigenvalue weighted by Crippen LogP contribution is -2.46. The molecule has 0 radical (unpaired) electrons. The third-order valence-corrected chi connectivity index (χ3v) is 5.89. The van der Waals surface area contributed by atoms with E-state index in [0.29, 0.717) is 18.2 Å². The average molecular weight is 384 g/mol. The molecule has 140 valence electrons. The second-order valence-electron chi connectivity index (χ2n) is 6.71. The number of nitrogens with two attached hydrogens (primary N) is 1. The number of aromatic nitrogens is 4. The Balaban J connectivity index is 1.62. The molecule has 0 saturated carbocycles.